The fraction of sp³-hybridized carbons (Fsp3) is 0.487. The van der Waals surface area contributed by atoms with E-state index in [1.165, 1.54) is 31.2 Å². The number of phenols is 3. The summed E-state index contributed by atoms with van der Waals surface area (Å²) in [5.41, 5.74) is 7.16. The minimum atomic E-state index is -1.77. The van der Waals surface area contributed by atoms with Crippen LogP contribution in [-0.4, -0.2) is 97.7 Å². The van der Waals surface area contributed by atoms with Crippen molar-refractivity contribution in [2.45, 2.75) is 157 Å². The third-order valence-electron chi connectivity index (χ3n) is 22.6. The zero-order chi connectivity index (χ0) is 63.0. The van der Waals surface area contributed by atoms with Gasteiger partial charge in [0.05, 0.1) is 36.6 Å². The first-order chi connectivity index (χ1) is 44.3. The number of carbonyl (C=O) groups is 1. The largest absolute Gasteiger partial charge is 0.508 e. The molecule has 11 nitrogen and oxygen atoms in total. The number of phenolic OH excluding ortho intramolecular Hbond substituents is 3. The SMILES string of the molecule is CCc1ccc2cccc3c2c1Cc1c(ccc(O)c1OC)C[C@@H](Cc1cc[nH]c1)[C@H](O)[C@@H]1C(=O)[C@@](c2cc(O)cc([C@]4(NC)CCC[C@H](Cc5ccccc5)C4)c2)([C@@H]2CSSC[C@H]4CC5(CCCC5)CC[C@@H]4Oc4cc2ccc4O)[C@H](O)C[C@H]1CSS[C@H]3CO. The third kappa shape index (κ3) is 12.6. The summed E-state index contributed by atoms with van der Waals surface area (Å²) in [6, 6.07) is 38.1. The lowest BCUT2D eigenvalue weighted by atomic mass is 9.52. The van der Waals surface area contributed by atoms with Gasteiger partial charge in [0.2, 0.25) is 0 Å². The van der Waals surface area contributed by atoms with Crippen molar-refractivity contribution in [2.24, 2.45) is 35.0 Å². The van der Waals surface area contributed by atoms with Crippen LogP contribution in [-0.2, 0) is 47.9 Å². The van der Waals surface area contributed by atoms with Gasteiger partial charge in [-0.2, -0.15) is 0 Å². The molecule has 4 aliphatic carbocycles. The van der Waals surface area contributed by atoms with Gasteiger partial charge in [-0.15, -0.1) is 0 Å². The number of aromatic hydroxyl groups is 3. The molecule has 0 unspecified atom stereocenters. The van der Waals surface area contributed by atoms with Crippen LogP contribution in [0.1, 0.15) is 151 Å². The van der Waals surface area contributed by atoms with Crippen molar-refractivity contribution in [1.82, 2.24) is 10.3 Å². The Hall–Kier alpha value is -5.23. The van der Waals surface area contributed by atoms with E-state index < -0.39 is 46.8 Å². The maximum absolute atomic E-state index is 17.9. The number of Topliss-reactive ketones (excluding diaryl/α,β-unsaturated/α-hetero) is 1. The molecule has 6 aromatic carbocycles. The summed E-state index contributed by atoms with van der Waals surface area (Å²) < 4.78 is 13.3. The van der Waals surface area contributed by atoms with Crippen molar-refractivity contribution in [1.29, 1.82) is 0 Å². The summed E-state index contributed by atoms with van der Waals surface area (Å²) in [6.45, 7) is 1.99. The summed E-state index contributed by atoms with van der Waals surface area (Å²) in [4.78, 5) is 21.2. The second-order valence-electron chi connectivity index (χ2n) is 27.6. The van der Waals surface area contributed by atoms with E-state index >= 15 is 4.79 Å². The van der Waals surface area contributed by atoms with Crippen molar-refractivity contribution in [2.75, 3.05) is 38.0 Å². The summed E-state index contributed by atoms with van der Waals surface area (Å²) in [6.07, 6.45) is 15.7. The van der Waals surface area contributed by atoms with Gasteiger partial charge in [0, 0.05) is 64.9 Å². The van der Waals surface area contributed by atoms with Gasteiger partial charge in [0.1, 0.15) is 11.9 Å². The van der Waals surface area contributed by atoms with Gasteiger partial charge in [0.15, 0.2) is 28.8 Å². The van der Waals surface area contributed by atoms with Gasteiger partial charge < -0.3 is 50.4 Å². The lowest BCUT2D eigenvalue weighted by Crippen LogP contribution is -2.62. The predicted octanol–water partition coefficient (Wildman–Crippen LogP) is 15.3. The van der Waals surface area contributed by atoms with Crippen molar-refractivity contribution < 1.29 is 44.9 Å². The number of aromatic amines is 1. The second kappa shape index (κ2) is 27.6. The summed E-state index contributed by atoms with van der Waals surface area (Å²) in [7, 11) is 10.3. The number of carbonyl (C=O) groups excluding carboxylic acids is 1. The summed E-state index contributed by atoms with van der Waals surface area (Å²) in [5, 5.41) is 81.6. The van der Waals surface area contributed by atoms with Crippen LogP contribution in [0.3, 0.4) is 0 Å². The average Bonchev–Trinajstić information content (AvgIpc) is 1.14. The van der Waals surface area contributed by atoms with E-state index in [0.29, 0.717) is 59.2 Å². The quantitative estimate of drug-likeness (QED) is 0.0572. The topological polar surface area (TPSA) is 185 Å². The maximum Gasteiger partial charge on any atom is 0.164 e. The first-order valence-corrected chi connectivity index (χ1v) is 38.3. The molecule has 13 rings (SSSR count). The van der Waals surface area contributed by atoms with E-state index in [4.69, 9.17) is 9.47 Å². The summed E-state index contributed by atoms with van der Waals surface area (Å²) in [5.74, 6) is -0.300. The van der Waals surface area contributed by atoms with Gasteiger partial charge in [-0.25, -0.2) is 0 Å². The molecule has 8 N–H and O–H groups in total. The van der Waals surface area contributed by atoms with E-state index in [-0.39, 0.29) is 53.3 Å². The molecule has 91 heavy (non-hydrogen) atoms. The number of aliphatic hydroxyl groups excluding tert-OH is 3. The number of benzene rings is 6. The van der Waals surface area contributed by atoms with E-state index in [1.807, 2.05) is 66.6 Å². The Bertz CT molecular complexity index is 3690. The van der Waals surface area contributed by atoms with Crippen molar-refractivity contribution in [3.05, 3.63) is 183 Å². The van der Waals surface area contributed by atoms with Crippen LogP contribution in [0.5, 0.6) is 28.7 Å². The molecule has 15 heteroatoms. The molecular formula is C76H90N2O9S4. The molecule has 1 aromatic heterocycles. The number of aromatic nitrogens is 1. The minimum absolute atomic E-state index is 0.00171. The van der Waals surface area contributed by atoms with Crippen LogP contribution in [0.15, 0.2) is 128 Å². The highest BCUT2D eigenvalue weighted by Gasteiger charge is 2.62. The van der Waals surface area contributed by atoms with Crippen molar-refractivity contribution in [3.8, 4) is 28.7 Å². The number of rotatable bonds is 11. The first kappa shape index (κ1) is 64.5. The molecule has 0 saturated heterocycles. The standard InChI is InChI=1S/C76H90N2O9S4/c1-4-49-17-18-50-15-10-16-59-67(42-79)91-90-43-54-34-68(83)76(57-35-56(36-58(80)37-57)75(77-2)27-11-14-47(39-75)30-46-12-6-5-7-13-46,62-45-89-88-44-55-40-74(25-8-9-26-74)28-23-65(55)87-66-33-52(62)20-21-63(66)81)73(85)70(54)71(84)53(31-48-24-29-78-41-48)32-51-19-22-64(82)72(86-3)61(51)38-60(49)69(50)59/h5-7,10,12-13,15-22,24,29,33,35-37,41,47,53-55,62,65,67-68,70-71,77-84H,4,8-9,11,14,23,25-28,30-32,34,38-40,42-45H2,1-3H3/t47-,53-,54+,55-,62-,65+,67+,68-,70-,71+,75+,76+/m1/s1. The number of H-pyrrole nitrogens is 1. The highest BCUT2D eigenvalue weighted by atomic mass is 33.1. The molecule has 1 spiro atoms. The van der Waals surface area contributed by atoms with E-state index in [2.05, 4.69) is 77.9 Å². The Morgan fingerprint density at radius 1 is 0.758 bits per heavy atom. The van der Waals surface area contributed by atoms with Crippen molar-refractivity contribution in [3.63, 3.8) is 0 Å². The van der Waals surface area contributed by atoms with Crippen LogP contribution in [0.25, 0.3) is 10.8 Å². The monoisotopic (exact) mass is 1300 g/mol. The lowest BCUT2D eigenvalue weighted by molar-refractivity contribution is -0.150. The molecule has 3 heterocycles. The number of nitrogens with one attached hydrogen (secondary N) is 2. The number of aryl methyl sites for hydroxylation is 1. The number of ketones is 1. The van der Waals surface area contributed by atoms with Crippen LogP contribution < -0.4 is 14.8 Å². The maximum atomic E-state index is 17.9. The number of ether oxygens (including phenoxy) is 2. The molecule has 4 fully saturated rings. The molecule has 6 aliphatic rings. The van der Waals surface area contributed by atoms with Crippen LogP contribution in [0.4, 0.5) is 0 Å². The van der Waals surface area contributed by atoms with E-state index in [1.54, 1.807) is 57.7 Å². The van der Waals surface area contributed by atoms with Gasteiger partial charge in [0.25, 0.3) is 0 Å². The van der Waals surface area contributed by atoms with Crippen LogP contribution in [0.2, 0.25) is 0 Å². The Balaban J connectivity index is 0.992. The molecule has 4 saturated carbocycles. The molecule has 2 bridgehead atoms. The fourth-order valence-corrected chi connectivity index (χ4v) is 23.7. The third-order valence-corrected chi connectivity index (χ3v) is 28.0. The zero-order valence-electron chi connectivity index (χ0n) is 52.8. The van der Waals surface area contributed by atoms with Crippen LogP contribution >= 0.6 is 43.2 Å². The molecule has 482 valence electrons. The molecule has 0 amide bonds. The zero-order valence-corrected chi connectivity index (χ0v) is 56.1. The number of fused-ring (bicyclic) bond motifs is 5. The second-order valence-corrected chi connectivity index (χ2v) is 32.8. The van der Waals surface area contributed by atoms with E-state index in [0.717, 1.165) is 119 Å². The van der Waals surface area contributed by atoms with Gasteiger partial charge >= 0.3 is 0 Å². The van der Waals surface area contributed by atoms with Crippen molar-refractivity contribution >= 4 is 59.7 Å². The number of hydrogen-bond acceptors (Lipinski definition) is 14. The molecule has 0 radical (unpaired) electrons. The Morgan fingerprint density at radius 2 is 1.56 bits per heavy atom. The van der Waals surface area contributed by atoms with Crippen LogP contribution in [0, 0.1) is 35.0 Å². The van der Waals surface area contributed by atoms with Gasteiger partial charge in [-0.05, 0) is 211 Å². The predicted molar refractivity (Wildman–Crippen MR) is 372 cm³/mol. The normalized spacial score (nSPS) is 29.6. The molecule has 2 aliphatic heterocycles. The first-order valence-electron chi connectivity index (χ1n) is 33.4. The molecule has 7 aromatic rings. The number of hydrogen-bond donors (Lipinski definition) is 8. The van der Waals surface area contributed by atoms with Gasteiger partial charge in [-0.3, -0.25) is 4.79 Å². The Morgan fingerprint density at radius 3 is 2.34 bits per heavy atom. The van der Waals surface area contributed by atoms with Gasteiger partial charge in [-0.1, -0.05) is 148 Å². The minimum Gasteiger partial charge on any atom is -0.508 e. The fourth-order valence-electron chi connectivity index (χ4n) is 18.1. The highest BCUT2D eigenvalue weighted by Crippen LogP contribution is 2.59. The van der Waals surface area contributed by atoms with E-state index in [9.17, 15) is 30.6 Å². The average molecular weight is 1300 g/mol. The number of aliphatic hydroxyl groups is 3. The molecule has 12 atom stereocenters. The highest BCUT2D eigenvalue weighted by molar-refractivity contribution is 8.77. The Kier molecular flexibility index (Phi) is 19.6. The smallest absolute Gasteiger partial charge is 0.164 e. The summed E-state index contributed by atoms with van der Waals surface area (Å²) >= 11 is 0. The Labute approximate surface area is 552 Å². The lowest BCUT2D eigenvalue weighted by Gasteiger charge is -2.53. The molecular weight excluding hydrogens is 1210 g/mol. The number of methoxy groups -OCH3 is 1.